The van der Waals surface area contributed by atoms with E-state index in [4.69, 9.17) is 4.74 Å². The number of hydrogen-bond acceptors (Lipinski definition) is 3. The van der Waals surface area contributed by atoms with E-state index in [2.05, 4.69) is 37.4 Å². The molecule has 0 radical (unpaired) electrons. The quantitative estimate of drug-likeness (QED) is 0.894. The Morgan fingerprint density at radius 3 is 2.84 bits per heavy atom. The zero-order valence-corrected chi connectivity index (χ0v) is 11.7. The van der Waals surface area contributed by atoms with Crippen molar-refractivity contribution in [3.8, 4) is 0 Å². The molecule has 1 heterocycles. The molecule has 1 atom stereocenters. The summed E-state index contributed by atoms with van der Waals surface area (Å²) in [5.41, 5.74) is 2.46. The Hall–Kier alpha value is -1.39. The normalized spacial score (nSPS) is 17.3. The lowest BCUT2D eigenvalue weighted by atomic mass is 10.1. The van der Waals surface area contributed by atoms with Gasteiger partial charge in [0.25, 0.3) is 0 Å². The van der Waals surface area contributed by atoms with Gasteiger partial charge in [0, 0.05) is 19.1 Å². The van der Waals surface area contributed by atoms with Crippen LogP contribution >= 0.6 is 0 Å². The molecule has 1 fully saturated rings. The maximum Gasteiger partial charge on any atom is 0.236 e. The molecule has 0 spiro atoms. The summed E-state index contributed by atoms with van der Waals surface area (Å²) in [5.74, 6) is 0.155. The number of carbonyl (C=O) groups is 1. The number of rotatable bonds is 4. The SMILES string of the molecule is Cc1cccc([C@@H](C)NCC(=O)N2CCOCC2)c1. The van der Waals surface area contributed by atoms with Crippen molar-refractivity contribution in [1.82, 2.24) is 10.2 Å². The fourth-order valence-electron chi connectivity index (χ4n) is 2.22. The molecule has 1 aromatic carbocycles. The van der Waals surface area contributed by atoms with E-state index < -0.39 is 0 Å². The van der Waals surface area contributed by atoms with Gasteiger partial charge >= 0.3 is 0 Å². The number of amides is 1. The van der Waals surface area contributed by atoms with Crippen LogP contribution in [0.4, 0.5) is 0 Å². The Labute approximate surface area is 114 Å². The summed E-state index contributed by atoms with van der Waals surface area (Å²) in [5, 5.41) is 3.29. The van der Waals surface area contributed by atoms with E-state index in [1.54, 1.807) is 0 Å². The first-order valence-electron chi connectivity index (χ1n) is 6.82. The fourth-order valence-corrected chi connectivity index (χ4v) is 2.22. The minimum absolute atomic E-state index is 0.155. The predicted molar refractivity (Wildman–Crippen MR) is 75.0 cm³/mol. The van der Waals surface area contributed by atoms with Gasteiger partial charge in [0.15, 0.2) is 0 Å². The molecule has 4 heteroatoms. The smallest absolute Gasteiger partial charge is 0.236 e. The molecule has 104 valence electrons. The lowest BCUT2D eigenvalue weighted by molar-refractivity contribution is -0.134. The predicted octanol–water partition coefficient (Wildman–Crippen LogP) is 1.50. The maximum atomic E-state index is 12.0. The number of ether oxygens (including phenoxy) is 1. The van der Waals surface area contributed by atoms with Gasteiger partial charge in [-0.1, -0.05) is 29.8 Å². The highest BCUT2D eigenvalue weighted by molar-refractivity contribution is 5.78. The summed E-state index contributed by atoms with van der Waals surface area (Å²) < 4.78 is 5.24. The van der Waals surface area contributed by atoms with Gasteiger partial charge in [-0.3, -0.25) is 4.79 Å². The van der Waals surface area contributed by atoms with Crippen LogP contribution in [0.15, 0.2) is 24.3 Å². The van der Waals surface area contributed by atoms with Gasteiger partial charge in [-0.25, -0.2) is 0 Å². The van der Waals surface area contributed by atoms with Crippen LogP contribution < -0.4 is 5.32 Å². The van der Waals surface area contributed by atoms with Crippen molar-refractivity contribution < 1.29 is 9.53 Å². The van der Waals surface area contributed by atoms with Gasteiger partial charge in [0.1, 0.15) is 0 Å². The van der Waals surface area contributed by atoms with Crippen LogP contribution in [0.3, 0.4) is 0 Å². The summed E-state index contributed by atoms with van der Waals surface area (Å²) in [6.07, 6.45) is 0. The van der Waals surface area contributed by atoms with Crippen molar-refractivity contribution in [3.63, 3.8) is 0 Å². The third-order valence-electron chi connectivity index (χ3n) is 3.47. The molecule has 4 nitrogen and oxygen atoms in total. The van der Waals surface area contributed by atoms with Crippen LogP contribution in [0.2, 0.25) is 0 Å². The molecule has 19 heavy (non-hydrogen) atoms. The Kier molecular flexibility index (Phi) is 4.93. The highest BCUT2D eigenvalue weighted by atomic mass is 16.5. The van der Waals surface area contributed by atoms with Crippen LogP contribution in [0.25, 0.3) is 0 Å². The van der Waals surface area contributed by atoms with Gasteiger partial charge < -0.3 is 15.0 Å². The Balaban J connectivity index is 1.82. The van der Waals surface area contributed by atoms with Gasteiger partial charge in [-0.15, -0.1) is 0 Å². The minimum Gasteiger partial charge on any atom is -0.378 e. The standard InChI is InChI=1S/C15H22N2O2/c1-12-4-3-5-14(10-12)13(2)16-11-15(18)17-6-8-19-9-7-17/h3-5,10,13,16H,6-9,11H2,1-2H3/t13-/m1/s1. The zero-order chi connectivity index (χ0) is 13.7. The molecule has 0 bridgehead atoms. The first-order chi connectivity index (χ1) is 9.16. The number of aryl methyl sites for hydroxylation is 1. The number of carbonyl (C=O) groups excluding carboxylic acids is 1. The van der Waals surface area contributed by atoms with E-state index in [1.807, 2.05) is 11.0 Å². The maximum absolute atomic E-state index is 12.0. The van der Waals surface area contributed by atoms with Gasteiger partial charge in [-0.05, 0) is 19.4 Å². The van der Waals surface area contributed by atoms with Crippen LogP contribution in [0.5, 0.6) is 0 Å². The topological polar surface area (TPSA) is 41.6 Å². The summed E-state index contributed by atoms with van der Waals surface area (Å²) in [6.45, 7) is 7.27. The van der Waals surface area contributed by atoms with E-state index in [-0.39, 0.29) is 11.9 Å². The number of benzene rings is 1. The minimum atomic E-state index is 0.155. The van der Waals surface area contributed by atoms with Crippen molar-refractivity contribution >= 4 is 5.91 Å². The largest absolute Gasteiger partial charge is 0.378 e. The second-order valence-corrected chi connectivity index (χ2v) is 5.01. The Morgan fingerprint density at radius 2 is 2.16 bits per heavy atom. The van der Waals surface area contributed by atoms with Crippen molar-refractivity contribution in [2.75, 3.05) is 32.8 Å². The average molecular weight is 262 g/mol. The molecular formula is C15H22N2O2. The molecular weight excluding hydrogens is 240 g/mol. The molecule has 1 amide bonds. The van der Waals surface area contributed by atoms with Gasteiger partial charge in [0.05, 0.1) is 19.8 Å². The van der Waals surface area contributed by atoms with E-state index >= 15 is 0 Å². The molecule has 1 N–H and O–H groups in total. The average Bonchev–Trinajstić information content (AvgIpc) is 2.45. The monoisotopic (exact) mass is 262 g/mol. The van der Waals surface area contributed by atoms with Crippen LogP contribution in [0, 0.1) is 6.92 Å². The Bertz CT molecular complexity index is 428. The molecule has 0 saturated carbocycles. The van der Waals surface area contributed by atoms with Crippen LogP contribution in [-0.2, 0) is 9.53 Å². The lowest BCUT2D eigenvalue weighted by Crippen LogP contribution is -2.45. The molecule has 0 aromatic heterocycles. The highest BCUT2D eigenvalue weighted by Gasteiger charge is 2.17. The molecule has 1 aromatic rings. The fraction of sp³-hybridized carbons (Fsp3) is 0.533. The van der Waals surface area contributed by atoms with Crippen molar-refractivity contribution in [2.24, 2.45) is 0 Å². The highest BCUT2D eigenvalue weighted by Crippen LogP contribution is 2.13. The number of morpholine rings is 1. The third-order valence-corrected chi connectivity index (χ3v) is 3.47. The number of hydrogen-bond donors (Lipinski definition) is 1. The summed E-state index contributed by atoms with van der Waals surface area (Å²) in [4.78, 5) is 13.9. The van der Waals surface area contributed by atoms with E-state index in [0.29, 0.717) is 32.8 Å². The summed E-state index contributed by atoms with van der Waals surface area (Å²) in [7, 11) is 0. The second kappa shape index (κ2) is 6.68. The lowest BCUT2D eigenvalue weighted by Gasteiger charge is -2.27. The molecule has 2 rings (SSSR count). The van der Waals surface area contributed by atoms with Crippen molar-refractivity contribution in [1.29, 1.82) is 0 Å². The van der Waals surface area contributed by atoms with Gasteiger partial charge in [0.2, 0.25) is 5.91 Å². The second-order valence-electron chi connectivity index (χ2n) is 5.01. The van der Waals surface area contributed by atoms with E-state index in [0.717, 1.165) is 0 Å². The number of nitrogens with zero attached hydrogens (tertiary/aromatic N) is 1. The van der Waals surface area contributed by atoms with Crippen molar-refractivity contribution in [3.05, 3.63) is 35.4 Å². The Morgan fingerprint density at radius 1 is 1.42 bits per heavy atom. The van der Waals surface area contributed by atoms with E-state index in [9.17, 15) is 4.79 Å². The molecule has 1 aliphatic heterocycles. The molecule has 0 aliphatic carbocycles. The molecule has 0 unspecified atom stereocenters. The van der Waals surface area contributed by atoms with Crippen molar-refractivity contribution in [2.45, 2.75) is 19.9 Å². The first-order valence-corrected chi connectivity index (χ1v) is 6.82. The third kappa shape index (κ3) is 4.04. The molecule has 1 saturated heterocycles. The zero-order valence-electron chi connectivity index (χ0n) is 11.7. The summed E-state index contributed by atoms with van der Waals surface area (Å²) >= 11 is 0. The van der Waals surface area contributed by atoms with Crippen LogP contribution in [-0.4, -0.2) is 43.7 Å². The first kappa shape index (κ1) is 14.0. The van der Waals surface area contributed by atoms with Crippen LogP contribution in [0.1, 0.15) is 24.1 Å². The summed E-state index contributed by atoms with van der Waals surface area (Å²) in [6, 6.07) is 8.55. The molecule has 1 aliphatic rings. The van der Waals surface area contributed by atoms with Gasteiger partial charge in [-0.2, -0.15) is 0 Å². The van der Waals surface area contributed by atoms with E-state index in [1.165, 1.54) is 11.1 Å². The number of nitrogens with one attached hydrogen (secondary N) is 1.